The third kappa shape index (κ3) is 5.23. The summed E-state index contributed by atoms with van der Waals surface area (Å²) in [6, 6.07) is 2.08. The molecule has 0 aliphatic heterocycles. The second-order valence-corrected chi connectivity index (χ2v) is 5.35. The van der Waals surface area contributed by atoms with E-state index in [4.69, 9.17) is 9.15 Å². The molecule has 0 bridgehead atoms. The zero-order valence-electron chi connectivity index (χ0n) is 12.4. The topological polar surface area (TPSA) is 34.4 Å². The Hall–Kier alpha value is -0.800. The van der Waals surface area contributed by atoms with Crippen LogP contribution in [0.15, 0.2) is 10.5 Å². The number of hydrogen-bond acceptors (Lipinski definition) is 3. The molecule has 0 saturated carbocycles. The molecule has 0 spiro atoms. The van der Waals surface area contributed by atoms with Crippen LogP contribution in [0.1, 0.15) is 51.2 Å². The highest BCUT2D eigenvalue weighted by molar-refractivity contribution is 5.19. The second-order valence-electron chi connectivity index (χ2n) is 5.35. The van der Waals surface area contributed by atoms with E-state index in [0.29, 0.717) is 12.5 Å². The van der Waals surface area contributed by atoms with Crippen LogP contribution in [0.3, 0.4) is 0 Å². The smallest absolute Gasteiger partial charge is 0.130 e. The van der Waals surface area contributed by atoms with Crippen LogP contribution in [0.5, 0.6) is 0 Å². The predicted octanol–water partition coefficient (Wildman–Crippen LogP) is 3.65. The van der Waals surface area contributed by atoms with Gasteiger partial charge in [0.1, 0.15) is 18.1 Å². The third-order valence-corrected chi connectivity index (χ3v) is 2.92. The summed E-state index contributed by atoms with van der Waals surface area (Å²) in [7, 11) is 0. The Balaban J connectivity index is 2.42. The monoisotopic (exact) mass is 253 g/mol. The molecule has 0 aliphatic carbocycles. The first kappa shape index (κ1) is 15.3. The number of nitrogens with one attached hydrogen (secondary N) is 1. The average molecular weight is 253 g/mol. The van der Waals surface area contributed by atoms with Gasteiger partial charge in [-0.1, -0.05) is 20.8 Å². The number of hydrogen-bond donors (Lipinski definition) is 1. The summed E-state index contributed by atoms with van der Waals surface area (Å²) in [4.78, 5) is 0. The van der Waals surface area contributed by atoms with Gasteiger partial charge in [-0.15, -0.1) is 0 Å². The minimum atomic E-state index is 0.285. The van der Waals surface area contributed by atoms with Crippen LogP contribution >= 0.6 is 0 Å². The van der Waals surface area contributed by atoms with Gasteiger partial charge in [-0.25, -0.2) is 0 Å². The zero-order valence-corrected chi connectivity index (χ0v) is 12.4. The maximum absolute atomic E-state index is 5.80. The highest BCUT2D eigenvalue weighted by Crippen LogP contribution is 2.17. The predicted molar refractivity (Wildman–Crippen MR) is 74.5 cm³/mol. The molecule has 1 rings (SSSR count). The summed E-state index contributed by atoms with van der Waals surface area (Å²) in [5, 5.41) is 3.28. The Kier molecular flexibility index (Phi) is 6.44. The molecule has 0 radical (unpaired) electrons. The van der Waals surface area contributed by atoms with Crippen molar-refractivity contribution < 1.29 is 9.15 Å². The Labute approximate surface area is 111 Å². The van der Waals surface area contributed by atoms with Gasteiger partial charge < -0.3 is 14.5 Å². The van der Waals surface area contributed by atoms with E-state index in [1.54, 1.807) is 0 Å². The fourth-order valence-electron chi connectivity index (χ4n) is 2.03. The summed E-state index contributed by atoms with van der Waals surface area (Å²) in [6.07, 6.45) is 1.37. The summed E-state index contributed by atoms with van der Waals surface area (Å²) in [5.74, 6) is 2.62. The van der Waals surface area contributed by atoms with Crippen molar-refractivity contribution in [3.63, 3.8) is 0 Å². The Bertz CT molecular complexity index is 344. The molecule has 1 unspecified atom stereocenters. The lowest BCUT2D eigenvalue weighted by Gasteiger charge is -2.14. The Morgan fingerprint density at radius 3 is 2.67 bits per heavy atom. The van der Waals surface area contributed by atoms with Crippen molar-refractivity contribution in [2.45, 2.75) is 60.3 Å². The van der Waals surface area contributed by atoms with Crippen LogP contribution in [0.25, 0.3) is 0 Å². The highest BCUT2D eigenvalue weighted by Gasteiger charge is 2.10. The summed E-state index contributed by atoms with van der Waals surface area (Å²) in [5.41, 5.74) is 1.20. The van der Waals surface area contributed by atoms with Crippen molar-refractivity contribution in [1.82, 2.24) is 5.32 Å². The Morgan fingerprint density at radius 2 is 2.06 bits per heavy atom. The number of aryl methyl sites for hydroxylation is 1. The minimum Gasteiger partial charge on any atom is -0.462 e. The van der Waals surface area contributed by atoms with Crippen LogP contribution < -0.4 is 5.32 Å². The summed E-state index contributed by atoms with van der Waals surface area (Å²) < 4.78 is 11.6. The normalized spacial score (nSPS) is 13.2. The molecule has 1 atom stereocenters. The van der Waals surface area contributed by atoms with E-state index in [1.165, 1.54) is 5.56 Å². The van der Waals surface area contributed by atoms with Gasteiger partial charge in [0.2, 0.25) is 0 Å². The molecule has 18 heavy (non-hydrogen) atoms. The number of ether oxygens (including phenoxy) is 1. The number of rotatable bonds is 8. The molecule has 1 aromatic rings. The lowest BCUT2D eigenvalue weighted by atomic mass is 10.1. The minimum absolute atomic E-state index is 0.285. The molecule has 0 aromatic carbocycles. The van der Waals surface area contributed by atoms with Gasteiger partial charge in [-0.3, -0.25) is 0 Å². The van der Waals surface area contributed by atoms with Crippen molar-refractivity contribution in [2.75, 3.05) is 6.54 Å². The first-order valence-electron chi connectivity index (χ1n) is 6.93. The van der Waals surface area contributed by atoms with E-state index >= 15 is 0 Å². The quantitative estimate of drug-likeness (QED) is 0.768. The second kappa shape index (κ2) is 7.59. The van der Waals surface area contributed by atoms with E-state index in [9.17, 15) is 0 Å². The standard InChI is InChI=1S/C15H27NO2/c1-6-16-9-15-12(4)8-14(18-15)10-17-13(5)7-11(2)3/h8,11,13,16H,6-7,9-10H2,1-5H3. The molecular weight excluding hydrogens is 226 g/mol. The molecule has 1 aromatic heterocycles. The lowest BCUT2D eigenvalue weighted by Crippen LogP contribution is -2.12. The fourth-order valence-corrected chi connectivity index (χ4v) is 2.03. The highest BCUT2D eigenvalue weighted by atomic mass is 16.5. The largest absolute Gasteiger partial charge is 0.462 e. The maximum atomic E-state index is 5.80. The molecule has 0 aliphatic rings. The van der Waals surface area contributed by atoms with E-state index in [0.717, 1.165) is 31.0 Å². The zero-order chi connectivity index (χ0) is 13.5. The van der Waals surface area contributed by atoms with E-state index in [-0.39, 0.29) is 6.10 Å². The van der Waals surface area contributed by atoms with Crippen LogP contribution in [0.2, 0.25) is 0 Å². The summed E-state index contributed by atoms with van der Waals surface area (Å²) in [6.45, 7) is 13.0. The molecule has 0 saturated heterocycles. The van der Waals surface area contributed by atoms with Crippen molar-refractivity contribution >= 4 is 0 Å². The van der Waals surface area contributed by atoms with Gasteiger partial charge in [-0.05, 0) is 44.4 Å². The first-order valence-corrected chi connectivity index (χ1v) is 6.93. The van der Waals surface area contributed by atoms with Gasteiger partial charge in [0, 0.05) is 0 Å². The van der Waals surface area contributed by atoms with Crippen LogP contribution in [-0.4, -0.2) is 12.6 Å². The molecule has 1 N–H and O–H groups in total. The summed E-state index contributed by atoms with van der Waals surface area (Å²) >= 11 is 0. The Morgan fingerprint density at radius 1 is 1.33 bits per heavy atom. The lowest BCUT2D eigenvalue weighted by molar-refractivity contribution is 0.0298. The van der Waals surface area contributed by atoms with Gasteiger partial charge in [-0.2, -0.15) is 0 Å². The first-order chi connectivity index (χ1) is 8.52. The SMILES string of the molecule is CCNCc1oc(COC(C)CC(C)C)cc1C. The van der Waals surface area contributed by atoms with Crippen LogP contribution in [-0.2, 0) is 17.9 Å². The van der Waals surface area contributed by atoms with E-state index in [2.05, 4.69) is 46.0 Å². The fraction of sp³-hybridized carbons (Fsp3) is 0.733. The van der Waals surface area contributed by atoms with Gasteiger partial charge in [0.15, 0.2) is 0 Å². The van der Waals surface area contributed by atoms with Gasteiger partial charge in [0.05, 0.1) is 12.6 Å². The molecular formula is C15H27NO2. The van der Waals surface area contributed by atoms with Crippen molar-refractivity contribution in [3.8, 4) is 0 Å². The molecule has 1 heterocycles. The molecule has 104 valence electrons. The molecule has 0 fully saturated rings. The van der Waals surface area contributed by atoms with Gasteiger partial charge >= 0.3 is 0 Å². The average Bonchev–Trinajstić information content (AvgIpc) is 2.64. The van der Waals surface area contributed by atoms with Crippen LogP contribution in [0, 0.1) is 12.8 Å². The molecule has 3 nitrogen and oxygen atoms in total. The molecule has 0 amide bonds. The van der Waals surface area contributed by atoms with E-state index in [1.807, 2.05) is 0 Å². The van der Waals surface area contributed by atoms with Crippen LogP contribution in [0.4, 0.5) is 0 Å². The third-order valence-electron chi connectivity index (χ3n) is 2.92. The van der Waals surface area contributed by atoms with E-state index < -0.39 is 0 Å². The van der Waals surface area contributed by atoms with Crippen molar-refractivity contribution in [1.29, 1.82) is 0 Å². The molecule has 3 heteroatoms. The number of furan rings is 1. The van der Waals surface area contributed by atoms with Crippen molar-refractivity contribution in [3.05, 3.63) is 23.2 Å². The maximum Gasteiger partial charge on any atom is 0.130 e. The van der Waals surface area contributed by atoms with Gasteiger partial charge in [0.25, 0.3) is 0 Å². The van der Waals surface area contributed by atoms with Crippen molar-refractivity contribution in [2.24, 2.45) is 5.92 Å².